The Labute approximate surface area is 222 Å². The monoisotopic (exact) mass is 501 g/mol. The summed E-state index contributed by atoms with van der Waals surface area (Å²) in [7, 11) is 0. The summed E-state index contributed by atoms with van der Waals surface area (Å²) in [5, 5.41) is 3.54. The fourth-order valence-electron chi connectivity index (χ4n) is 8.04. The highest BCUT2D eigenvalue weighted by molar-refractivity contribution is 5.83. The molecule has 0 unspecified atom stereocenters. The van der Waals surface area contributed by atoms with Crippen molar-refractivity contribution >= 4 is 5.91 Å². The van der Waals surface area contributed by atoms with Gasteiger partial charge in [-0.1, -0.05) is 60.7 Å². The largest absolute Gasteiger partial charge is 0.375 e. The van der Waals surface area contributed by atoms with E-state index in [2.05, 4.69) is 69.7 Å². The lowest BCUT2D eigenvalue weighted by Crippen LogP contribution is -2.58. The first-order valence-electron chi connectivity index (χ1n) is 14.5. The molecule has 1 heterocycles. The minimum atomic E-state index is -0.110. The van der Waals surface area contributed by atoms with Gasteiger partial charge in [0.15, 0.2) is 0 Å². The maximum absolute atomic E-state index is 13.8. The molecule has 0 spiro atoms. The van der Waals surface area contributed by atoms with Gasteiger partial charge in [0.05, 0.1) is 19.3 Å². The van der Waals surface area contributed by atoms with Crippen LogP contribution in [0.4, 0.5) is 0 Å². The summed E-state index contributed by atoms with van der Waals surface area (Å²) in [4.78, 5) is 18.9. The van der Waals surface area contributed by atoms with Crippen molar-refractivity contribution < 1.29 is 9.53 Å². The number of amides is 1. The summed E-state index contributed by atoms with van der Waals surface area (Å²) in [5.74, 6) is 2.66. The molecule has 1 amide bonds. The van der Waals surface area contributed by atoms with Gasteiger partial charge in [-0.15, -0.1) is 0 Å². The van der Waals surface area contributed by atoms with Crippen molar-refractivity contribution in [2.24, 2.45) is 23.2 Å². The maximum Gasteiger partial charge on any atom is 0.226 e. The Bertz CT molecular complexity index is 984. The van der Waals surface area contributed by atoms with Crippen LogP contribution in [0.1, 0.15) is 49.7 Å². The van der Waals surface area contributed by atoms with E-state index in [0.29, 0.717) is 19.1 Å². The minimum Gasteiger partial charge on any atom is -0.375 e. The first-order chi connectivity index (χ1) is 18.1. The lowest BCUT2D eigenvalue weighted by Gasteiger charge is -2.56. The van der Waals surface area contributed by atoms with Gasteiger partial charge in [-0.3, -0.25) is 14.6 Å². The summed E-state index contributed by atoms with van der Waals surface area (Å²) in [6.45, 7) is 7.25. The lowest BCUT2D eigenvalue weighted by atomic mass is 9.49. The zero-order valence-corrected chi connectivity index (χ0v) is 22.2. The Morgan fingerprint density at radius 2 is 1.35 bits per heavy atom. The average molecular weight is 502 g/mol. The highest BCUT2D eigenvalue weighted by atomic mass is 16.5. The van der Waals surface area contributed by atoms with E-state index in [9.17, 15) is 4.79 Å². The first kappa shape index (κ1) is 25.1. The summed E-state index contributed by atoms with van der Waals surface area (Å²) in [5.41, 5.74) is 2.45. The third-order valence-corrected chi connectivity index (χ3v) is 9.48. The molecule has 0 aromatic heterocycles. The number of nitrogens with one attached hydrogen (secondary N) is 1. The molecular formula is C32H43N3O2. The van der Waals surface area contributed by atoms with Crippen molar-refractivity contribution in [1.29, 1.82) is 0 Å². The molecule has 2 aromatic carbocycles. The number of carbonyl (C=O) groups excluding carboxylic acids is 1. The van der Waals surface area contributed by atoms with E-state index in [4.69, 9.17) is 4.74 Å². The van der Waals surface area contributed by atoms with Crippen molar-refractivity contribution in [3.8, 4) is 0 Å². The fraction of sp³-hybridized carbons (Fsp3) is 0.594. The predicted molar refractivity (Wildman–Crippen MR) is 147 cm³/mol. The molecule has 1 atom stereocenters. The van der Waals surface area contributed by atoms with Crippen molar-refractivity contribution in [2.45, 2.75) is 57.7 Å². The number of benzene rings is 2. The van der Waals surface area contributed by atoms with Gasteiger partial charge in [-0.25, -0.2) is 0 Å². The van der Waals surface area contributed by atoms with Crippen molar-refractivity contribution in [3.63, 3.8) is 0 Å². The summed E-state index contributed by atoms with van der Waals surface area (Å²) < 4.78 is 6.19. The van der Waals surface area contributed by atoms with Crippen LogP contribution in [0, 0.1) is 23.2 Å². The predicted octanol–water partition coefficient (Wildman–Crippen LogP) is 4.72. The van der Waals surface area contributed by atoms with Crippen LogP contribution in [0.25, 0.3) is 0 Å². The van der Waals surface area contributed by atoms with Crippen molar-refractivity contribution in [2.75, 3.05) is 39.3 Å². The Hall–Kier alpha value is -2.21. The molecule has 0 radical (unpaired) electrons. The van der Waals surface area contributed by atoms with Crippen LogP contribution >= 0.6 is 0 Å². The number of carbonyl (C=O) groups is 1. The summed E-state index contributed by atoms with van der Waals surface area (Å²) in [6, 6.07) is 21.2. The van der Waals surface area contributed by atoms with Gasteiger partial charge in [0.25, 0.3) is 0 Å². The molecule has 37 heavy (non-hydrogen) atoms. The molecule has 1 saturated heterocycles. The Balaban J connectivity index is 1.06. The maximum atomic E-state index is 13.8. The quantitative estimate of drug-likeness (QED) is 0.512. The zero-order chi connectivity index (χ0) is 25.1. The molecule has 4 aliphatic carbocycles. The molecule has 4 saturated carbocycles. The normalized spacial score (nSPS) is 30.3. The van der Waals surface area contributed by atoms with Gasteiger partial charge in [0.1, 0.15) is 0 Å². The molecule has 5 heteroatoms. The highest BCUT2D eigenvalue weighted by Gasteiger charge is 2.54. The Kier molecular flexibility index (Phi) is 7.64. The van der Waals surface area contributed by atoms with Gasteiger partial charge in [0, 0.05) is 44.7 Å². The molecular weight excluding hydrogens is 458 g/mol. The van der Waals surface area contributed by atoms with Crippen LogP contribution in [0.2, 0.25) is 0 Å². The van der Waals surface area contributed by atoms with E-state index in [1.165, 1.54) is 30.4 Å². The van der Waals surface area contributed by atoms with Crippen molar-refractivity contribution in [3.05, 3.63) is 71.8 Å². The zero-order valence-electron chi connectivity index (χ0n) is 22.2. The topological polar surface area (TPSA) is 44.8 Å². The smallest absolute Gasteiger partial charge is 0.226 e. The molecule has 1 aliphatic heterocycles. The molecule has 5 nitrogen and oxygen atoms in total. The molecule has 1 N–H and O–H groups in total. The molecule has 198 valence electrons. The number of ether oxygens (including phenoxy) is 1. The average Bonchev–Trinajstić information content (AvgIpc) is 2.90. The Morgan fingerprint density at radius 1 is 0.811 bits per heavy atom. The molecule has 5 fully saturated rings. The van der Waals surface area contributed by atoms with Gasteiger partial charge in [-0.2, -0.15) is 0 Å². The number of hydrogen-bond acceptors (Lipinski definition) is 4. The van der Waals surface area contributed by atoms with E-state index in [1.807, 2.05) is 6.07 Å². The van der Waals surface area contributed by atoms with E-state index in [0.717, 1.165) is 76.3 Å². The fourth-order valence-corrected chi connectivity index (χ4v) is 8.04. The van der Waals surface area contributed by atoms with Crippen LogP contribution in [-0.2, 0) is 22.7 Å². The second-order valence-corrected chi connectivity index (χ2v) is 12.4. The summed E-state index contributed by atoms with van der Waals surface area (Å²) in [6.07, 6.45) is 7.43. The molecule has 5 aliphatic rings. The van der Waals surface area contributed by atoms with Crippen LogP contribution in [0.15, 0.2) is 60.7 Å². The van der Waals surface area contributed by atoms with E-state index >= 15 is 0 Å². The van der Waals surface area contributed by atoms with Crippen LogP contribution in [0.3, 0.4) is 0 Å². The van der Waals surface area contributed by atoms with Crippen LogP contribution < -0.4 is 5.32 Å². The number of hydrogen-bond donors (Lipinski definition) is 1. The number of nitrogens with zero attached hydrogens (tertiary/aromatic N) is 2. The molecule has 7 rings (SSSR count). The highest BCUT2D eigenvalue weighted by Crippen LogP contribution is 2.60. The van der Waals surface area contributed by atoms with Crippen molar-refractivity contribution in [1.82, 2.24) is 15.1 Å². The van der Waals surface area contributed by atoms with E-state index in [-0.39, 0.29) is 11.5 Å². The molecule has 4 bridgehead atoms. The van der Waals surface area contributed by atoms with Crippen LogP contribution in [-0.4, -0.2) is 61.1 Å². The van der Waals surface area contributed by atoms with Crippen LogP contribution in [0.5, 0.6) is 0 Å². The van der Waals surface area contributed by atoms with E-state index in [1.54, 1.807) is 0 Å². The minimum absolute atomic E-state index is 0.0323. The van der Waals surface area contributed by atoms with Gasteiger partial charge >= 0.3 is 0 Å². The van der Waals surface area contributed by atoms with Gasteiger partial charge < -0.3 is 10.1 Å². The van der Waals surface area contributed by atoms with Gasteiger partial charge in [0.2, 0.25) is 5.91 Å². The first-order valence-corrected chi connectivity index (χ1v) is 14.5. The second-order valence-electron chi connectivity index (χ2n) is 12.4. The third-order valence-electron chi connectivity index (χ3n) is 9.48. The second kappa shape index (κ2) is 11.3. The lowest BCUT2D eigenvalue weighted by molar-refractivity contribution is -0.147. The third kappa shape index (κ3) is 6.10. The van der Waals surface area contributed by atoms with Gasteiger partial charge in [-0.05, 0) is 67.4 Å². The summed E-state index contributed by atoms with van der Waals surface area (Å²) >= 11 is 0. The number of piperazine rings is 1. The standard InChI is InChI=1S/C32H43N3O2/c36-31(32-18-27-15-28(19-32)17-29(16-27)20-32)33-30(24-37-23-26-9-5-2-6-10-26)22-35-13-11-34(12-14-35)21-25-7-3-1-4-8-25/h1-10,27-30H,11-24H2,(H,33,36)/t27?,28?,29?,30-,32?/m0/s1. The Morgan fingerprint density at radius 3 is 1.95 bits per heavy atom. The SMILES string of the molecule is O=C(N[C@H](COCc1ccccc1)CN1CCN(Cc2ccccc2)CC1)C12CC3CC(CC(C3)C1)C2. The van der Waals surface area contributed by atoms with E-state index < -0.39 is 0 Å². The molecule has 2 aromatic rings. The number of rotatable bonds is 10.